The molecule has 0 radical (unpaired) electrons. The summed E-state index contributed by atoms with van der Waals surface area (Å²) >= 11 is 5.15. The van der Waals surface area contributed by atoms with Gasteiger partial charge in [0, 0.05) is 32.2 Å². The van der Waals surface area contributed by atoms with Crippen LogP contribution in [0.3, 0.4) is 0 Å². The van der Waals surface area contributed by atoms with Crippen LogP contribution in [-0.2, 0) is 9.53 Å². The molecule has 2 saturated heterocycles. The van der Waals surface area contributed by atoms with Crippen LogP contribution >= 0.6 is 12.2 Å². The van der Waals surface area contributed by atoms with E-state index >= 15 is 0 Å². The maximum Gasteiger partial charge on any atom is 0.235 e. The molecule has 2 N–H and O–H groups in total. The fourth-order valence-corrected chi connectivity index (χ4v) is 3.86. The molecule has 1 aliphatic carbocycles. The monoisotopic (exact) mass is 297 g/mol. The van der Waals surface area contributed by atoms with Gasteiger partial charge >= 0.3 is 0 Å². The molecular formula is C14H23N3O2S. The summed E-state index contributed by atoms with van der Waals surface area (Å²) in [6.45, 7) is 5.23. The van der Waals surface area contributed by atoms with Crippen LogP contribution < -0.4 is 5.73 Å². The Labute approximate surface area is 125 Å². The maximum absolute atomic E-state index is 12.7. The summed E-state index contributed by atoms with van der Waals surface area (Å²) in [5.41, 5.74) is 5.32. The number of morpholine rings is 1. The molecule has 0 bridgehead atoms. The lowest BCUT2D eigenvalue weighted by Crippen LogP contribution is -2.54. The predicted octanol–water partition coefficient (Wildman–Crippen LogP) is 0.376. The molecule has 5 nitrogen and oxygen atoms in total. The largest absolute Gasteiger partial charge is 0.392 e. The van der Waals surface area contributed by atoms with E-state index in [1.807, 2.05) is 4.90 Å². The van der Waals surface area contributed by atoms with Crippen molar-refractivity contribution >= 4 is 23.1 Å². The molecule has 1 amide bonds. The summed E-state index contributed by atoms with van der Waals surface area (Å²) in [6, 6.07) is 0.478. The molecule has 112 valence electrons. The normalized spacial score (nSPS) is 30.0. The molecule has 1 atom stereocenters. The van der Waals surface area contributed by atoms with E-state index in [0.717, 1.165) is 65.1 Å². The van der Waals surface area contributed by atoms with Crippen molar-refractivity contribution in [3.05, 3.63) is 0 Å². The van der Waals surface area contributed by atoms with E-state index in [1.165, 1.54) is 0 Å². The first-order valence-electron chi connectivity index (χ1n) is 7.54. The van der Waals surface area contributed by atoms with Crippen LogP contribution in [0.4, 0.5) is 0 Å². The standard InChI is InChI=1S/C14H23N3O2S/c15-12(20)14(3-1-4-14)13(18)17-5-2-11(10-17)16-6-8-19-9-7-16/h11H,1-10H2,(H2,15,20). The van der Waals surface area contributed by atoms with Crippen molar-refractivity contribution in [2.75, 3.05) is 39.4 Å². The van der Waals surface area contributed by atoms with Gasteiger partial charge in [-0.1, -0.05) is 18.6 Å². The van der Waals surface area contributed by atoms with Gasteiger partial charge in [0.05, 0.1) is 23.6 Å². The zero-order valence-corrected chi connectivity index (χ0v) is 12.7. The van der Waals surface area contributed by atoms with E-state index in [-0.39, 0.29) is 5.91 Å². The summed E-state index contributed by atoms with van der Waals surface area (Å²) in [7, 11) is 0. The molecule has 2 heterocycles. The van der Waals surface area contributed by atoms with Gasteiger partial charge in [0.2, 0.25) is 5.91 Å². The Bertz CT molecular complexity index is 405. The Balaban J connectivity index is 1.61. The number of nitrogens with zero attached hydrogens (tertiary/aromatic N) is 2. The lowest BCUT2D eigenvalue weighted by atomic mass is 9.67. The van der Waals surface area contributed by atoms with Crippen molar-refractivity contribution in [3.63, 3.8) is 0 Å². The van der Waals surface area contributed by atoms with Gasteiger partial charge in [-0.15, -0.1) is 0 Å². The van der Waals surface area contributed by atoms with Crippen molar-refractivity contribution in [2.24, 2.45) is 11.1 Å². The molecule has 0 aromatic heterocycles. The smallest absolute Gasteiger partial charge is 0.235 e. The summed E-state index contributed by atoms with van der Waals surface area (Å²) in [5.74, 6) is 0.173. The Morgan fingerprint density at radius 2 is 1.95 bits per heavy atom. The number of carbonyl (C=O) groups excluding carboxylic acids is 1. The van der Waals surface area contributed by atoms with Crippen LogP contribution in [0.25, 0.3) is 0 Å². The predicted molar refractivity (Wildman–Crippen MR) is 80.4 cm³/mol. The Kier molecular flexibility index (Phi) is 3.97. The van der Waals surface area contributed by atoms with E-state index in [0.29, 0.717) is 11.0 Å². The Morgan fingerprint density at radius 1 is 1.25 bits per heavy atom. The van der Waals surface area contributed by atoms with Crippen molar-refractivity contribution in [3.8, 4) is 0 Å². The zero-order chi connectivity index (χ0) is 14.2. The van der Waals surface area contributed by atoms with Crippen LogP contribution in [0.1, 0.15) is 25.7 Å². The van der Waals surface area contributed by atoms with Crippen LogP contribution in [0.2, 0.25) is 0 Å². The number of carbonyl (C=O) groups is 1. The van der Waals surface area contributed by atoms with Crippen LogP contribution in [0, 0.1) is 5.41 Å². The highest BCUT2D eigenvalue weighted by molar-refractivity contribution is 7.80. The van der Waals surface area contributed by atoms with Crippen LogP contribution in [0.15, 0.2) is 0 Å². The topological polar surface area (TPSA) is 58.8 Å². The lowest BCUT2D eigenvalue weighted by Gasteiger charge is -2.42. The van der Waals surface area contributed by atoms with Crippen molar-refractivity contribution < 1.29 is 9.53 Å². The first-order chi connectivity index (χ1) is 9.63. The highest BCUT2D eigenvalue weighted by Crippen LogP contribution is 2.43. The number of hydrogen-bond acceptors (Lipinski definition) is 4. The summed E-state index contributed by atoms with van der Waals surface area (Å²) in [6.07, 6.45) is 3.78. The summed E-state index contributed by atoms with van der Waals surface area (Å²) in [4.78, 5) is 17.6. The second-order valence-electron chi connectivity index (χ2n) is 6.14. The van der Waals surface area contributed by atoms with E-state index in [4.69, 9.17) is 22.7 Å². The van der Waals surface area contributed by atoms with E-state index in [1.54, 1.807) is 0 Å². The molecule has 0 aromatic rings. The van der Waals surface area contributed by atoms with E-state index in [9.17, 15) is 4.79 Å². The number of nitrogens with two attached hydrogens (primary N) is 1. The molecule has 1 unspecified atom stereocenters. The highest BCUT2D eigenvalue weighted by Gasteiger charge is 2.50. The average Bonchev–Trinajstić information content (AvgIpc) is 2.87. The minimum Gasteiger partial charge on any atom is -0.392 e. The molecule has 6 heteroatoms. The van der Waals surface area contributed by atoms with Gasteiger partial charge in [-0.25, -0.2) is 0 Å². The third-order valence-electron chi connectivity index (χ3n) is 5.10. The van der Waals surface area contributed by atoms with Crippen molar-refractivity contribution in [1.29, 1.82) is 0 Å². The fourth-order valence-electron chi connectivity index (χ4n) is 3.57. The quantitative estimate of drug-likeness (QED) is 0.763. The number of ether oxygens (including phenoxy) is 1. The number of rotatable bonds is 3. The Morgan fingerprint density at radius 3 is 2.50 bits per heavy atom. The molecule has 3 rings (SSSR count). The van der Waals surface area contributed by atoms with Crippen LogP contribution in [-0.4, -0.2) is 66.1 Å². The number of hydrogen-bond donors (Lipinski definition) is 1. The van der Waals surface area contributed by atoms with Gasteiger partial charge in [-0.3, -0.25) is 9.69 Å². The molecule has 3 aliphatic rings. The molecule has 2 aliphatic heterocycles. The molecule has 0 spiro atoms. The van der Waals surface area contributed by atoms with Crippen molar-refractivity contribution in [1.82, 2.24) is 9.80 Å². The van der Waals surface area contributed by atoms with E-state index in [2.05, 4.69) is 4.90 Å². The first kappa shape index (κ1) is 14.2. The second-order valence-corrected chi connectivity index (χ2v) is 6.58. The summed E-state index contributed by atoms with van der Waals surface area (Å²) in [5, 5.41) is 0. The van der Waals surface area contributed by atoms with Crippen molar-refractivity contribution in [2.45, 2.75) is 31.7 Å². The molecular weight excluding hydrogens is 274 g/mol. The fraction of sp³-hybridized carbons (Fsp3) is 0.857. The molecule has 1 saturated carbocycles. The zero-order valence-electron chi connectivity index (χ0n) is 11.8. The molecule has 0 aromatic carbocycles. The van der Waals surface area contributed by atoms with Crippen LogP contribution in [0.5, 0.6) is 0 Å². The minimum absolute atomic E-state index is 0.173. The lowest BCUT2D eigenvalue weighted by molar-refractivity contribution is -0.141. The number of likely N-dealkylation sites (tertiary alicyclic amines) is 1. The van der Waals surface area contributed by atoms with Gasteiger partial charge in [0.1, 0.15) is 0 Å². The maximum atomic E-state index is 12.7. The third kappa shape index (κ3) is 2.34. The SMILES string of the molecule is NC(=S)C1(C(=O)N2CCC(N3CCOCC3)C2)CCC1. The van der Waals surface area contributed by atoms with Gasteiger partial charge in [-0.2, -0.15) is 0 Å². The van der Waals surface area contributed by atoms with Gasteiger partial charge in [0.15, 0.2) is 0 Å². The van der Waals surface area contributed by atoms with Gasteiger partial charge in [-0.05, 0) is 19.3 Å². The second kappa shape index (κ2) is 5.58. The number of thiocarbonyl (C=S) groups is 1. The molecule has 20 heavy (non-hydrogen) atoms. The third-order valence-corrected chi connectivity index (χ3v) is 5.49. The first-order valence-corrected chi connectivity index (χ1v) is 7.95. The highest BCUT2D eigenvalue weighted by atomic mass is 32.1. The average molecular weight is 297 g/mol. The Hall–Kier alpha value is -0.720. The minimum atomic E-state index is -0.519. The summed E-state index contributed by atoms with van der Waals surface area (Å²) < 4.78 is 5.39. The van der Waals surface area contributed by atoms with Gasteiger partial charge < -0.3 is 15.4 Å². The number of amides is 1. The van der Waals surface area contributed by atoms with E-state index < -0.39 is 5.41 Å². The van der Waals surface area contributed by atoms with Gasteiger partial charge in [0.25, 0.3) is 0 Å². The molecule has 3 fully saturated rings.